The highest BCUT2D eigenvalue weighted by Gasteiger charge is 2.17. The topological polar surface area (TPSA) is 35.5 Å². The minimum absolute atomic E-state index is 0.440. The van der Waals surface area contributed by atoms with Crippen LogP contribution < -0.4 is 9.47 Å². The molecule has 0 saturated carbocycles. The second-order valence-electron chi connectivity index (χ2n) is 4.02. The summed E-state index contributed by atoms with van der Waals surface area (Å²) in [7, 11) is 0. The Labute approximate surface area is 94.7 Å². The average molecular weight is 218 g/mol. The van der Waals surface area contributed by atoms with Crippen LogP contribution in [0.2, 0.25) is 0 Å². The standard InChI is InChI=1S/C13H14O3/c1-3-13(14)16-11-4-5-12-10(7-11)6-9(2)8-15-12/h3-5,7,9H,1,6,8H2,2H3. The van der Waals surface area contributed by atoms with Crippen molar-refractivity contribution in [3.05, 3.63) is 36.4 Å². The van der Waals surface area contributed by atoms with Crippen LogP contribution in [0.3, 0.4) is 0 Å². The zero-order chi connectivity index (χ0) is 11.5. The maximum atomic E-state index is 11.0. The molecule has 16 heavy (non-hydrogen) atoms. The van der Waals surface area contributed by atoms with E-state index in [1.54, 1.807) is 6.07 Å². The van der Waals surface area contributed by atoms with Gasteiger partial charge in [0.2, 0.25) is 0 Å². The van der Waals surface area contributed by atoms with Crippen molar-refractivity contribution in [3.8, 4) is 11.5 Å². The van der Waals surface area contributed by atoms with Crippen molar-refractivity contribution in [2.45, 2.75) is 13.3 Å². The molecule has 0 N–H and O–H groups in total. The molecular formula is C13H14O3. The Kier molecular flexibility index (Phi) is 2.95. The van der Waals surface area contributed by atoms with Crippen LogP contribution in [0.4, 0.5) is 0 Å². The molecule has 1 aromatic rings. The van der Waals surface area contributed by atoms with Crippen LogP contribution >= 0.6 is 0 Å². The molecular weight excluding hydrogens is 204 g/mol. The van der Waals surface area contributed by atoms with Gasteiger partial charge in [0, 0.05) is 6.08 Å². The maximum Gasteiger partial charge on any atom is 0.335 e. The number of rotatable bonds is 2. The van der Waals surface area contributed by atoms with Gasteiger partial charge in [0.25, 0.3) is 0 Å². The molecule has 0 aliphatic carbocycles. The third-order valence-electron chi connectivity index (χ3n) is 2.51. The number of hydrogen-bond donors (Lipinski definition) is 0. The minimum atomic E-state index is -0.440. The summed E-state index contributed by atoms with van der Waals surface area (Å²) in [5.41, 5.74) is 1.09. The minimum Gasteiger partial charge on any atom is -0.493 e. The van der Waals surface area contributed by atoms with E-state index in [1.807, 2.05) is 12.1 Å². The maximum absolute atomic E-state index is 11.0. The molecule has 1 heterocycles. The number of benzene rings is 1. The predicted molar refractivity (Wildman–Crippen MR) is 60.6 cm³/mol. The molecule has 2 rings (SSSR count). The molecule has 0 fully saturated rings. The Morgan fingerprint density at radius 2 is 2.44 bits per heavy atom. The predicted octanol–water partition coefficient (Wildman–Crippen LogP) is 2.35. The lowest BCUT2D eigenvalue weighted by molar-refractivity contribution is -0.128. The highest BCUT2D eigenvalue weighted by Crippen LogP contribution is 2.30. The fourth-order valence-electron chi connectivity index (χ4n) is 1.74. The molecule has 0 aromatic heterocycles. The molecule has 0 spiro atoms. The Bertz CT molecular complexity index is 423. The fourth-order valence-corrected chi connectivity index (χ4v) is 1.74. The molecule has 0 amide bonds. The van der Waals surface area contributed by atoms with Crippen molar-refractivity contribution in [1.29, 1.82) is 0 Å². The second-order valence-corrected chi connectivity index (χ2v) is 4.02. The summed E-state index contributed by atoms with van der Waals surface area (Å²) in [6.07, 6.45) is 2.10. The monoisotopic (exact) mass is 218 g/mol. The Hall–Kier alpha value is -1.77. The SMILES string of the molecule is C=CC(=O)Oc1ccc2c(c1)CC(C)CO2. The quantitative estimate of drug-likeness (QED) is 0.434. The van der Waals surface area contributed by atoms with Crippen LogP contribution in [-0.4, -0.2) is 12.6 Å². The van der Waals surface area contributed by atoms with Crippen LogP contribution in [0.25, 0.3) is 0 Å². The number of ether oxygens (including phenoxy) is 2. The lowest BCUT2D eigenvalue weighted by Crippen LogP contribution is -2.18. The van der Waals surface area contributed by atoms with Crippen LogP contribution in [0.1, 0.15) is 12.5 Å². The van der Waals surface area contributed by atoms with Crippen molar-refractivity contribution in [3.63, 3.8) is 0 Å². The van der Waals surface area contributed by atoms with Gasteiger partial charge in [-0.25, -0.2) is 4.79 Å². The zero-order valence-corrected chi connectivity index (χ0v) is 9.23. The first kappa shape index (κ1) is 10.7. The first-order chi connectivity index (χ1) is 7.69. The van der Waals surface area contributed by atoms with E-state index >= 15 is 0 Å². The van der Waals surface area contributed by atoms with E-state index in [9.17, 15) is 4.79 Å². The summed E-state index contributed by atoms with van der Waals surface area (Å²) in [6.45, 7) is 6.24. The lowest BCUT2D eigenvalue weighted by Gasteiger charge is -2.22. The van der Waals surface area contributed by atoms with Crippen LogP contribution in [0.15, 0.2) is 30.9 Å². The number of fused-ring (bicyclic) bond motifs is 1. The van der Waals surface area contributed by atoms with Gasteiger partial charge in [-0.3, -0.25) is 0 Å². The van der Waals surface area contributed by atoms with Crippen molar-refractivity contribution in [1.82, 2.24) is 0 Å². The highest BCUT2D eigenvalue weighted by atomic mass is 16.5. The van der Waals surface area contributed by atoms with E-state index in [-0.39, 0.29) is 0 Å². The zero-order valence-electron chi connectivity index (χ0n) is 9.23. The Morgan fingerprint density at radius 3 is 3.19 bits per heavy atom. The van der Waals surface area contributed by atoms with Crippen molar-refractivity contribution < 1.29 is 14.3 Å². The molecule has 1 unspecified atom stereocenters. The van der Waals surface area contributed by atoms with Crippen molar-refractivity contribution in [2.24, 2.45) is 5.92 Å². The number of esters is 1. The molecule has 1 atom stereocenters. The van der Waals surface area contributed by atoms with Gasteiger partial charge in [0.1, 0.15) is 11.5 Å². The molecule has 0 radical (unpaired) electrons. The molecule has 1 aromatic carbocycles. The first-order valence-corrected chi connectivity index (χ1v) is 5.29. The molecule has 3 heteroatoms. The summed E-state index contributed by atoms with van der Waals surface area (Å²) < 4.78 is 10.6. The number of carbonyl (C=O) groups excluding carboxylic acids is 1. The normalized spacial score (nSPS) is 18.2. The van der Waals surface area contributed by atoms with Crippen molar-refractivity contribution in [2.75, 3.05) is 6.61 Å². The van der Waals surface area contributed by atoms with Crippen LogP contribution in [-0.2, 0) is 11.2 Å². The van der Waals surface area contributed by atoms with E-state index in [0.29, 0.717) is 11.7 Å². The van der Waals surface area contributed by atoms with E-state index < -0.39 is 5.97 Å². The molecule has 0 saturated heterocycles. The van der Waals surface area contributed by atoms with E-state index in [1.165, 1.54) is 0 Å². The Balaban J connectivity index is 2.21. The van der Waals surface area contributed by atoms with Crippen molar-refractivity contribution >= 4 is 5.97 Å². The van der Waals surface area contributed by atoms with Gasteiger partial charge in [-0.1, -0.05) is 13.5 Å². The third-order valence-corrected chi connectivity index (χ3v) is 2.51. The van der Waals surface area contributed by atoms with Gasteiger partial charge >= 0.3 is 5.97 Å². The fraction of sp³-hybridized carbons (Fsp3) is 0.308. The summed E-state index contributed by atoms with van der Waals surface area (Å²) >= 11 is 0. The average Bonchev–Trinajstić information content (AvgIpc) is 2.28. The third kappa shape index (κ3) is 2.24. The largest absolute Gasteiger partial charge is 0.493 e. The van der Waals surface area contributed by atoms with E-state index in [4.69, 9.17) is 9.47 Å². The van der Waals surface area contributed by atoms with Gasteiger partial charge in [-0.05, 0) is 36.1 Å². The summed E-state index contributed by atoms with van der Waals surface area (Å²) in [6, 6.07) is 5.43. The summed E-state index contributed by atoms with van der Waals surface area (Å²) in [5, 5.41) is 0. The van der Waals surface area contributed by atoms with Crippen LogP contribution in [0.5, 0.6) is 11.5 Å². The molecule has 1 aliphatic heterocycles. The van der Waals surface area contributed by atoms with Gasteiger partial charge in [0.15, 0.2) is 0 Å². The number of carbonyl (C=O) groups is 1. The van der Waals surface area contributed by atoms with E-state index in [0.717, 1.165) is 30.4 Å². The second kappa shape index (κ2) is 4.39. The summed E-state index contributed by atoms with van der Waals surface area (Å²) in [4.78, 5) is 11.0. The molecule has 1 aliphatic rings. The van der Waals surface area contributed by atoms with Gasteiger partial charge in [-0.2, -0.15) is 0 Å². The highest BCUT2D eigenvalue weighted by molar-refractivity contribution is 5.83. The summed E-state index contributed by atoms with van der Waals surface area (Å²) in [5.74, 6) is 1.49. The van der Waals surface area contributed by atoms with Gasteiger partial charge < -0.3 is 9.47 Å². The Morgan fingerprint density at radius 1 is 1.62 bits per heavy atom. The number of hydrogen-bond acceptors (Lipinski definition) is 3. The smallest absolute Gasteiger partial charge is 0.335 e. The van der Waals surface area contributed by atoms with E-state index in [2.05, 4.69) is 13.5 Å². The molecule has 3 nitrogen and oxygen atoms in total. The van der Waals surface area contributed by atoms with Gasteiger partial charge in [0.05, 0.1) is 6.61 Å². The molecule has 84 valence electrons. The molecule has 0 bridgehead atoms. The van der Waals surface area contributed by atoms with Crippen LogP contribution in [0, 0.1) is 5.92 Å². The lowest BCUT2D eigenvalue weighted by atomic mass is 9.98. The van der Waals surface area contributed by atoms with Gasteiger partial charge in [-0.15, -0.1) is 0 Å². The first-order valence-electron chi connectivity index (χ1n) is 5.29.